The van der Waals surface area contributed by atoms with Crippen molar-refractivity contribution in [2.24, 2.45) is 0 Å². The van der Waals surface area contributed by atoms with Gasteiger partial charge in [0.15, 0.2) is 17.9 Å². The Labute approximate surface area is 222 Å². The van der Waals surface area contributed by atoms with E-state index in [1.54, 1.807) is 0 Å². The van der Waals surface area contributed by atoms with Gasteiger partial charge in [-0.05, 0) is 26.0 Å². The first-order valence-corrected chi connectivity index (χ1v) is 12.2. The molecule has 12 heteroatoms. The number of hydrogen-bond acceptors (Lipinski definition) is 12. The third-order valence-corrected chi connectivity index (χ3v) is 7.60. The quantitative estimate of drug-likeness (QED) is 0.311. The average molecular weight is 545 g/mol. The number of carbonyl (C=O) groups is 3. The van der Waals surface area contributed by atoms with Crippen LogP contribution >= 0.6 is 0 Å². The van der Waals surface area contributed by atoms with E-state index in [1.165, 1.54) is 34.1 Å². The summed E-state index contributed by atoms with van der Waals surface area (Å²) in [5, 5.41) is 53.5. The van der Waals surface area contributed by atoms with Crippen LogP contribution in [0.5, 0.6) is 17.2 Å². The second-order valence-electron chi connectivity index (χ2n) is 10.2. The summed E-state index contributed by atoms with van der Waals surface area (Å²) >= 11 is 0. The van der Waals surface area contributed by atoms with Crippen molar-refractivity contribution in [3.63, 3.8) is 0 Å². The first-order chi connectivity index (χ1) is 18.3. The van der Waals surface area contributed by atoms with Gasteiger partial charge >= 0.3 is 0 Å². The van der Waals surface area contributed by atoms with E-state index >= 15 is 0 Å². The van der Waals surface area contributed by atoms with E-state index in [0.717, 1.165) is 12.1 Å². The SMILES string of the molecule is COc1cc(O)c2c(c1)C(=O)c1cc3c(c(O)c1C2=O)[C@@H](OC1OC(C)C(O)C(O)C1OC)C[C@](C)(O)C3=O. The molecule has 1 heterocycles. The Morgan fingerprint density at radius 2 is 1.62 bits per heavy atom. The van der Waals surface area contributed by atoms with Gasteiger partial charge in [-0.25, -0.2) is 0 Å². The number of rotatable bonds is 4. The third kappa shape index (κ3) is 4.03. The van der Waals surface area contributed by atoms with E-state index in [4.69, 9.17) is 18.9 Å². The van der Waals surface area contributed by atoms with Crippen molar-refractivity contribution >= 4 is 17.3 Å². The summed E-state index contributed by atoms with van der Waals surface area (Å²) in [5.74, 6) is -3.56. The number of aromatic hydroxyl groups is 2. The van der Waals surface area contributed by atoms with Crippen LogP contribution in [0.4, 0.5) is 0 Å². The minimum atomic E-state index is -2.00. The molecule has 0 saturated carbocycles. The maximum atomic E-state index is 13.5. The lowest BCUT2D eigenvalue weighted by Gasteiger charge is -2.43. The van der Waals surface area contributed by atoms with Crippen LogP contribution < -0.4 is 4.74 Å². The van der Waals surface area contributed by atoms with Crippen LogP contribution in [0.3, 0.4) is 0 Å². The van der Waals surface area contributed by atoms with E-state index < -0.39 is 76.8 Å². The molecule has 0 aromatic heterocycles. The number of ether oxygens (including phenoxy) is 4. The van der Waals surface area contributed by atoms with Crippen LogP contribution in [0.2, 0.25) is 0 Å². The highest BCUT2D eigenvalue weighted by molar-refractivity contribution is 6.31. The maximum absolute atomic E-state index is 13.5. The molecule has 7 atom stereocenters. The monoisotopic (exact) mass is 544 g/mol. The number of hydrogen-bond donors (Lipinski definition) is 5. The predicted molar refractivity (Wildman–Crippen MR) is 130 cm³/mol. The zero-order valence-corrected chi connectivity index (χ0v) is 21.5. The van der Waals surface area contributed by atoms with E-state index in [2.05, 4.69) is 0 Å². The van der Waals surface area contributed by atoms with E-state index in [1.807, 2.05) is 0 Å². The Morgan fingerprint density at radius 3 is 2.26 bits per heavy atom. The Morgan fingerprint density at radius 1 is 0.949 bits per heavy atom. The molecule has 2 aromatic rings. The molecule has 5 rings (SSSR count). The average Bonchev–Trinajstić information content (AvgIpc) is 2.88. The van der Waals surface area contributed by atoms with Crippen molar-refractivity contribution in [3.05, 3.63) is 51.6 Å². The number of aliphatic hydroxyl groups excluding tert-OH is 2. The van der Waals surface area contributed by atoms with Crippen molar-refractivity contribution in [1.29, 1.82) is 0 Å². The van der Waals surface area contributed by atoms with Crippen molar-refractivity contribution in [2.75, 3.05) is 14.2 Å². The van der Waals surface area contributed by atoms with Crippen molar-refractivity contribution < 1.29 is 58.9 Å². The van der Waals surface area contributed by atoms with Gasteiger partial charge in [0.2, 0.25) is 5.78 Å². The van der Waals surface area contributed by atoms with Gasteiger partial charge in [-0.15, -0.1) is 0 Å². The number of phenols is 2. The maximum Gasteiger partial charge on any atom is 0.201 e. The normalized spacial score (nSPS) is 31.9. The highest BCUT2D eigenvalue weighted by atomic mass is 16.7. The molecule has 39 heavy (non-hydrogen) atoms. The smallest absolute Gasteiger partial charge is 0.201 e. The number of ketones is 3. The van der Waals surface area contributed by atoms with Gasteiger partial charge < -0.3 is 44.5 Å². The van der Waals surface area contributed by atoms with Gasteiger partial charge in [-0.1, -0.05) is 0 Å². The molecule has 1 fully saturated rings. The number of methoxy groups -OCH3 is 2. The van der Waals surface area contributed by atoms with Gasteiger partial charge in [-0.2, -0.15) is 0 Å². The molecular weight excluding hydrogens is 516 g/mol. The van der Waals surface area contributed by atoms with Gasteiger partial charge in [-0.3, -0.25) is 14.4 Å². The highest BCUT2D eigenvalue weighted by Crippen LogP contribution is 2.48. The zero-order valence-electron chi connectivity index (χ0n) is 21.5. The van der Waals surface area contributed by atoms with Gasteiger partial charge in [0.1, 0.15) is 41.2 Å². The number of aliphatic hydroxyl groups is 3. The van der Waals surface area contributed by atoms with Crippen molar-refractivity contribution in [3.8, 4) is 17.2 Å². The Hall–Kier alpha value is -3.39. The molecule has 1 saturated heterocycles. The molecule has 0 amide bonds. The Kier molecular flexibility index (Phi) is 6.53. The van der Waals surface area contributed by atoms with Crippen LogP contribution in [-0.2, 0) is 14.2 Å². The summed E-state index contributed by atoms with van der Waals surface area (Å²) in [5.41, 5.74) is -3.66. The molecule has 208 valence electrons. The third-order valence-electron chi connectivity index (χ3n) is 7.60. The number of fused-ring (bicyclic) bond motifs is 3. The molecule has 5 unspecified atom stereocenters. The minimum Gasteiger partial charge on any atom is -0.507 e. The fourth-order valence-corrected chi connectivity index (χ4v) is 5.50. The van der Waals surface area contributed by atoms with Crippen LogP contribution in [0.1, 0.15) is 74.1 Å². The van der Waals surface area contributed by atoms with E-state index in [9.17, 15) is 39.9 Å². The lowest BCUT2D eigenvalue weighted by Crippen LogP contribution is -2.58. The summed E-state index contributed by atoms with van der Waals surface area (Å²) in [7, 11) is 2.58. The predicted octanol–water partition coefficient (Wildman–Crippen LogP) is 0.758. The molecule has 2 aromatic carbocycles. The standard InChI is InChI=1S/C27H28O12/c1-9-19(29)23(33)24(37-4)26(38-9)39-15-8-27(2,35)25(34)13-7-12-18(22(32)17(13)15)21(31)16-11(20(12)30)5-10(36-3)6-14(16)28/h5-7,9,15,19,23-24,26,28-29,32-33,35H,8H2,1-4H3/t9?,15-,19?,23?,24?,26?,27-/m0/s1. The largest absolute Gasteiger partial charge is 0.507 e. The van der Waals surface area contributed by atoms with Crippen LogP contribution in [0.15, 0.2) is 18.2 Å². The fraction of sp³-hybridized carbons (Fsp3) is 0.444. The van der Waals surface area contributed by atoms with Crippen molar-refractivity contribution in [1.82, 2.24) is 0 Å². The summed E-state index contributed by atoms with van der Waals surface area (Å²) < 4.78 is 22.1. The molecular formula is C27H28O12. The molecule has 3 aliphatic rings. The first kappa shape index (κ1) is 27.2. The number of phenolic OH excluding ortho intramolecular Hbond substituents is 2. The summed E-state index contributed by atoms with van der Waals surface area (Å²) in [4.78, 5) is 40.2. The lowest BCUT2D eigenvalue weighted by atomic mass is 9.73. The number of benzene rings is 2. The topological polar surface area (TPSA) is 189 Å². The lowest BCUT2D eigenvalue weighted by molar-refractivity contribution is -0.312. The van der Waals surface area contributed by atoms with E-state index in [0.29, 0.717) is 0 Å². The Bertz CT molecular complexity index is 1400. The highest BCUT2D eigenvalue weighted by Gasteiger charge is 2.50. The molecule has 1 aliphatic heterocycles. The second-order valence-corrected chi connectivity index (χ2v) is 10.2. The summed E-state index contributed by atoms with van der Waals surface area (Å²) in [6, 6.07) is 3.54. The van der Waals surface area contributed by atoms with Crippen LogP contribution in [0, 0.1) is 0 Å². The van der Waals surface area contributed by atoms with Gasteiger partial charge in [0.05, 0.1) is 30.4 Å². The molecule has 0 bridgehead atoms. The minimum absolute atomic E-state index is 0.118. The van der Waals surface area contributed by atoms with E-state index in [-0.39, 0.29) is 40.0 Å². The summed E-state index contributed by atoms with van der Waals surface area (Å²) in [6.07, 6.45) is -7.71. The molecule has 0 radical (unpaired) electrons. The first-order valence-electron chi connectivity index (χ1n) is 12.2. The van der Waals surface area contributed by atoms with Crippen LogP contribution in [-0.4, -0.2) is 93.4 Å². The number of Topliss-reactive ketones (excluding diaryl/α,β-unsaturated/α-hetero) is 1. The van der Waals surface area contributed by atoms with Crippen molar-refractivity contribution in [2.45, 2.75) is 62.7 Å². The van der Waals surface area contributed by atoms with Crippen LogP contribution in [0.25, 0.3) is 0 Å². The van der Waals surface area contributed by atoms with Gasteiger partial charge in [0, 0.05) is 41.9 Å². The molecule has 2 aliphatic carbocycles. The fourth-order valence-electron chi connectivity index (χ4n) is 5.50. The summed E-state index contributed by atoms with van der Waals surface area (Å²) in [6.45, 7) is 2.74. The number of carbonyl (C=O) groups excluding carboxylic acids is 3. The second kappa shape index (κ2) is 9.37. The van der Waals surface area contributed by atoms with Gasteiger partial charge in [0.25, 0.3) is 0 Å². The zero-order chi connectivity index (χ0) is 28.5. The molecule has 12 nitrogen and oxygen atoms in total. The molecule has 5 N–H and O–H groups in total. The molecule has 0 spiro atoms. The Balaban J connectivity index is 1.66.